The van der Waals surface area contributed by atoms with Gasteiger partial charge in [-0.2, -0.15) is 0 Å². The molecule has 128 valence electrons. The summed E-state index contributed by atoms with van der Waals surface area (Å²) >= 11 is 5.84. The maximum atomic E-state index is 13.2. The SMILES string of the molecule is Cc1cc(S(=O)(=O)NCC(=O)Nc2ccc(Cl)cc2C)ccc1F. The Labute approximate surface area is 144 Å². The van der Waals surface area contributed by atoms with E-state index in [0.29, 0.717) is 10.7 Å². The third-order valence-electron chi connectivity index (χ3n) is 3.32. The molecule has 2 aromatic rings. The van der Waals surface area contributed by atoms with E-state index in [1.165, 1.54) is 13.0 Å². The molecule has 0 heterocycles. The van der Waals surface area contributed by atoms with Crippen LogP contribution >= 0.6 is 11.6 Å². The predicted molar refractivity (Wildman–Crippen MR) is 91.1 cm³/mol. The fourth-order valence-electron chi connectivity index (χ4n) is 1.99. The Morgan fingerprint density at radius 3 is 2.46 bits per heavy atom. The largest absolute Gasteiger partial charge is 0.325 e. The molecule has 2 N–H and O–H groups in total. The van der Waals surface area contributed by atoms with Gasteiger partial charge in [-0.05, 0) is 61.4 Å². The lowest BCUT2D eigenvalue weighted by molar-refractivity contribution is -0.115. The van der Waals surface area contributed by atoms with Crippen molar-refractivity contribution >= 4 is 33.2 Å². The van der Waals surface area contributed by atoms with Gasteiger partial charge in [0.1, 0.15) is 5.82 Å². The van der Waals surface area contributed by atoms with Gasteiger partial charge in [0.25, 0.3) is 0 Å². The number of hydrogen-bond donors (Lipinski definition) is 2. The second kappa shape index (κ2) is 7.29. The van der Waals surface area contributed by atoms with Gasteiger partial charge in [0.15, 0.2) is 0 Å². The number of aryl methyl sites for hydroxylation is 2. The number of amides is 1. The fraction of sp³-hybridized carbons (Fsp3) is 0.188. The molecule has 5 nitrogen and oxygen atoms in total. The van der Waals surface area contributed by atoms with Gasteiger partial charge in [-0.3, -0.25) is 4.79 Å². The van der Waals surface area contributed by atoms with Crippen molar-refractivity contribution in [2.24, 2.45) is 0 Å². The van der Waals surface area contributed by atoms with Crippen molar-refractivity contribution < 1.29 is 17.6 Å². The number of benzene rings is 2. The molecule has 0 radical (unpaired) electrons. The summed E-state index contributed by atoms with van der Waals surface area (Å²) in [5, 5.41) is 3.14. The summed E-state index contributed by atoms with van der Waals surface area (Å²) in [4.78, 5) is 11.8. The van der Waals surface area contributed by atoms with Gasteiger partial charge in [0, 0.05) is 10.7 Å². The summed E-state index contributed by atoms with van der Waals surface area (Å²) in [6, 6.07) is 8.36. The highest BCUT2D eigenvalue weighted by atomic mass is 35.5. The number of sulfonamides is 1. The van der Waals surface area contributed by atoms with Crippen molar-refractivity contribution in [3.8, 4) is 0 Å². The zero-order chi connectivity index (χ0) is 17.9. The van der Waals surface area contributed by atoms with Crippen molar-refractivity contribution in [2.45, 2.75) is 18.7 Å². The first-order valence-corrected chi connectivity index (χ1v) is 8.87. The molecule has 8 heteroatoms. The second-order valence-electron chi connectivity index (χ2n) is 5.24. The molecule has 0 atom stereocenters. The fourth-order valence-corrected chi connectivity index (χ4v) is 3.28. The topological polar surface area (TPSA) is 75.3 Å². The van der Waals surface area contributed by atoms with E-state index in [1.54, 1.807) is 25.1 Å². The number of hydrogen-bond acceptors (Lipinski definition) is 3. The van der Waals surface area contributed by atoms with E-state index in [4.69, 9.17) is 11.6 Å². The molecule has 0 aliphatic carbocycles. The first-order chi connectivity index (χ1) is 11.2. The average molecular weight is 371 g/mol. The minimum atomic E-state index is -3.90. The molecule has 0 saturated carbocycles. The maximum Gasteiger partial charge on any atom is 0.241 e. The maximum absolute atomic E-state index is 13.2. The molecule has 0 aromatic heterocycles. The van der Waals surface area contributed by atoms with Gasteiger partial charge >= 0.3 is 0 Å². The van der Waals surface area contributed by atoms with Crippen molar-refractivity contribution in [1.82, 2.24) is 4.72 Å². The van der Waals surface area contributed by atoms with Gasteiger partial charge in [-0.15, -0.1) is 0 Å². The Kier molecular flexibility index (Phi) is 5.58. The van der Waals surface area contributed by atoms with Crippen LogP contribution in [0.25, 0.3) is 0 Å². The first-order valence-electron chi connectivity index (χ1n) is 7.01. The van der Waals surface area contributed by atoms with Gasteiger partial charge in [0.2, 0.25) is 15.9 Å². The zero-order valence-electron chi connectivity index (χ0n) is 13.1. The highest BCUT2D eigenvalue weighted by Gasteiger charge is 2.17. The molecule has 1 amide bonds. The van der Waals surface area contributed by atoms with Crippen LogP contribution in [0.15, 0.2) is 41.3 Å². The highest BCUT2D eigenvalue weighted by molar-refractivity contribution is 7.89. The van der Waals surface area contributed by atoms with E-state index in [0.717, 1.165) is 17.7 Å². The molecule has 0 saturated heterocycles. The van der Waals surface area contributed by atoms with Gasteiger partial charge in [-0.25, -0.2) is 17.5 Å². The molecular formula is C16H16ClFN2O3S. The van der Waals surface area contributed by atoms with E-state index in [9.17, 15) is 17.6 Å². The number of carbonyl (C=O) groups is 1. The van der Waals surface area contributed by atoms with E-state index in [1.807, 2.05) is 0 Å². The van der Waals surface area contributed by atoms with Gasteiger partial charge < -0.3 is 5.32 Å². The summed E-state index contributed by atoms with van der Waals surface area (Å²) in [5.74, 6) is -1.02. The van der Waals surface area contributed by atoms with Crippen LogP contribution in [0.3, 0.4) is 0 Å². The van der Waals surface area contributed by atoms with Crippen LogP contribution in [0.4, 0.5) is 10.1 Å². The predicted octanol–water partition coefficient (Wildman–Crippen LogP) is 3.01. The zero-order valence-corrected chi connectivity index (χ0v) is 14.6. The average Bonchev–Trinajstić information content (AvgIpc) is 2.51. The second-order valence-corrected chi connectivity index (χ2v) is 7.45. The minimum Gasteiger partial charge on any atom is -0.325 e. The molecule has 2 aromatic carbocycles. The quantitative estimate of drug-likeness (QED) is 0.849. The molecule has 0 aliphatic heterocycles. The molecule has 0 fully saturated rings. The lowest BCUT2D eigenvalue weighted by Crippen LogP contribution is -2.33. The summed E-state index contributed by atoms with van der Waals surface area (Å²) in [6.07, 6.45) is 0. The van der Waals surface area contributed by atoms with Crippen LogP contribution in [-0.4, -0.2) is 20.9 Å². The normalized spacial score (nSPS) is 11.3. The summed E-state index contributed by atoms with van der Waals surface area (Å²) in [5.41, 5.74) is 1.51. The lowest BCUT2D eigenvalue weighted by atomic mass is 10.2. The van der Waals surface area contributed by atoms with Crippen molar-refractivity contribution in [3.63, 3.8) is 0 Å². The van der Waals surface area contributed by atoms with Crippen molar-refractivity contribution in [3.05, 3.63) is 58.4 Å². The highest BCUT2D eigenvalue weighted by Crippen LogP contribution is 2.19. The molecule has 2 rings (SSSR count). The summed E-state index contributed by atoms with van der Waals surface area (Å²) in [7, 11) is -3.90. The summed E-state index contributed by atoms with van der Waals surface area (Å²) in [6.45, 7) is 2.79. The van der Waals surface area contributed by atoms with Crippen LogP contribution in [0.5, 0.6) is 0 Å². The third-order valence-corrected chi connectivity index (χ3v) is 4.96. The van der Waals surface area contributed by atoms with Crippen molar-refractivity contribution in [2.75, 3.05) is 11.9 Å². The number of nitrogens with one attached hydrogen (secondary N) is 2. The molecular weight excluding hydrogens is 355 g/mol. The Bertz CT molecular complexity index is 885. The lowest BCUT2D eigenvalue weighted by Gasteiger charge is -2.10. The molecule has 24 heavy (non-hydrogen) atoms. The third kappa shape index (κ3) is 4.53. The minimum absolute atomic E-state index is 0.100. The van der Waals surface area contributed by atoms with Gasteiger partial charge in [0.05, 0.1) is 11.4 Å². The molecule has 0 spiro atoms. The smallest absolute Gasteiger partial charge is 0.241 e. The number of rotatable bonds is 5. The monoisotopic (exact) mass is 370 g/mol. The Hall–Kier alpha value is -1.96. The first kappa shape index (κ1) is 18.4. The van der Waals surface area contributed by atoms with Crippen LogP contribution in [0.2, 0.25) is 5.02 Å². The van der Waals surface area contributed by atoms with Crippen LogP contribution in [0.1, 0.15) is 11.1 Å². The van der Waals surface area contributed by atoms with E-state index in [-0.39, 0.29) is 10.5 Å². The Balaban J connectivity index is 2.03. The number of carbonyl (C=O) groups excluding carboxylic acids is 1. The Morgan fingerprint density at radius 1 is 1.12 bits per heavy atom. The van der Waals surface area contributed by atoms with Gasteiger partial charge in [-0.1, -0.05) is 11.6 Å². The van der Waals surface area contributed by atoms with Crippen LogP contribution in [0, 0.1) is 19.7 Å². The van der Waals surface area contributed by atoms with E-state index >= 15 is 0 Å². The van der Waals surface area contributed by atoms with E-state index < -0.39 is 28.3 Å². The standard InChI is InChI=1S/C16H16ClFN2O3S/c1-10-8-13(4-5-14(10)18)24(22,23)19-9-16(21)20-15-6-3-12(17)7-11(15)2/h3-8,19H,9H2,1-2H3,(H,20,21). The van der Waals surface area contributed by atoms with Crippen molar-refractivity contribution in [1.29, 1.82) is 0 Å². The van der Waals surface area contributed by atoms with Crippen LogP contribution < -0.4 is 10.0 Å². The number of halogens is 2. The molecule has 0 bridgehead atoms. The van der Waals surface area contributed by atoms with Crippen LogP contribution in [-0.2, 0) is 14.8 Å². The molecule has 0 aliphatic rings. The van der Waals surface area contributed by atoms with E-state index in [2.05, 4.69) is 10.0 Å². The molecule has 0 unspecified atom stereocenters. The number of anilines is 1. The Morgan fingerprint density at radius 2 is 1.83 bits per heavy atom. The summed E-state index contributed by atoms with van der Waals surface area (Å²) < 4.78 is 39.7.